The van der Waals surface area contributed by atoms with Gasteiger partial charge in [-0.05, 0) is 48.2 Å². The van der Waals surface area contributed by atoms with Crippen molar-refractivity contribution in [1.29, 1.82) is 0 Å². The van der Waals surface area contributed by atoms with Crippen LogP contribution in [0.2, 0.25) is 0 Å². The van der Waals surface area contributed by atoms with Gasteiger partial charge in [0.15, 0.2) is 0 Å². The molecule has 0 radical (unpaired) electrons. The van der Waals surface area contributed by atoms with Gasteiger partial charge in [0.05, 0.1) is 0 Å². The van der Waals surface area contributed by atoms with Gasteiger partial charge < -0.3 is 5.32 Å². The van der Waals surface area contributed by atoms with Gasteiger partial charge in [0.25, 0.3) is 0 Å². The molecule has 20 heavy (non-hydrogen) atoms. The molecule has 0 bridgehead atoms. The second-order valence-electron chi connectivity index (χ2n) is 7.38. The van der Waals surface area contributed by atoms with Crippen LogP contribution < -0.4 is 5.32 Å². The molecule has 1 aromatic heterocycles. The third-order valence-electron chi connectivity index (χ3n) is 4.19. The summed E-state index contributed by atoms with van der Waals surface area (Å²) >= 11 is 1.93. The lowest BCUT2D eigenvalue weighted by Crippen LogP contribution is -2.44. The average molecular weight is 295 g/mol. The molecule has 1 atom stereocenters. The summed E-state index contributed by atoms with van der Waals surface area (Å²) in [7, 11) is 0. The summed E-state index contributed by atoms with van der Waals surface area (Å²) in [4.78, 5) is 4.26. The number of fused-ring (bicyclic) bond motifs is 1. The van der Waals surface area contributed by atoms with E-state index in [0.29, 0.717) is 11.5 Å². The van der Waals surface area contributed by atoms with Gasteiger partial charge in [0, 0.05) is 30.6 Å². The molecule has 1 aliphatic rings. The molecule has 2 heterocycles. The van der Waals surface area contributed by atoms with Crippen LogP contribution in [0.25, 0.3) is 0 Å². The fraction of sp³-hybridized carbons (Fsp3) is 0.765. The van der Waals surface area contributed by atoms with Gasteiger partial charge in [-0.15, -0.1) is 11.3 Å². The summed E-state index contributed by atoms with van der Waals surface area (Å²) in [6.45, 7) is 16.3. The first kappa shape index (κ1) is 16.0. The molecule has 1 aliphatic heterocycles. The lowest BCUT2D eigenvalue weighted by atomic mass is 9.90. The number of nitrogens with zero attached hydrogens (tertiary/aromatic N) is 1. The van der Waals surface area contributed by atoms with E-state index < -0.39 is 0 Å². The molecule has 0 saturated heterocycles. The fourth-order valence-electron chi connectivity index (χ4n) is 3.08. The largest absolute Gasteiger partial charge is 0.316 e. The Morgan fingerprint density at radius 3 is 2.90 bits per heavy atom. The topological polar surface area (TPSA) is 15.3 Å². The van der Waals surface area contributed by atoms with Gasteiger partial charge in [-0.2, -0.15) is 0 Å². The monoisotopic (exact) mass is 294 g/mol. The predicted octanol–water partition coefficient (Wildman–Crippen LogP) is 3.94. The van der Waals surface area contributed by atoms with Crippen molar-refractivity contribution in [2.24, 2.45) is 11.3 Å². The maximum absolute atomic E-state index is 3.62. The van der Waals surface area contributed by atoms with Crippen LogP contribution in [0.1, 0.15) is 51.1 Å². The van der Waals surface area contributed by atoms with Gasteiger partial charge in [0.2, 0.25) is 0 Å². The molecule has 2 rings (SSSR count). The molecule has 0 fully saturated rings. The maximum Gasteiger partial charge on any atom is 0.0331 e. The smallest absolute Gasteiger partial charge is 0.0331 e. The summed E-state index contributed by atoms with van der Waals surface area (Å²) in [5.41, 5.74) is 1.89. The second kappa shape index (κ2) is 6.59. The first-order valence-electron chi connectivity index (χ1n) is 7.90. The van der Waals surface area contributed by atoms with Crippen molar-refractivity contribution in [1.82, 2.24) is 10.2 Å². The minimum atomic E-state index is 0.330. The Balaban J connectivity index is 1.89. The zero-order valence-corrected chi connectivity index (χ0v) is 14.5. The van der Waals surface area contributed by atoms with Gasteiger partial charge in [-0.1, -0.05) is 27.7 Å². The van der Waals surface area contributed by atoms with Crippen LogP contribution in [0.15, 0.2) is 11.4 Å². The summed E-state index contributed by atoms with van der Waals surface area (Å²) in [5, 5.41) is 5.87. The van der Waals surface area contributed by atoms with E-state index in [1.165, 1.54) is 19.5 Å². The Morgan fingerprint density at radius 1 is 1.45 bits per heavy atom. The van der Waals surface area contributed by atoms with Crippen molar-refractivity contribution in [3.63, 3.8) is 0 Å². The van der Waals surface area contributed by atoms with E-state index in [4.69, 9.17) is 0 Å². The standard InChI is InChI=1S/C17H30N2S/c1-13(2)10-18-11-17(4,5)12-19-8-6-16-15(14(19)3)7-9-20-16/h7,9,13-14,18H,6,8,10-12H2,1-5H3. The maximum atomic E-state index is 3.62. The van der Waals surface area contributed by atoms with E-state index in [1.54, 1.807) is 10.4 Å². The van der Waals surface area contributed by atoms with Crippen LogP contribution in [-0.2, 0) is 6.42 Å². The van der Waals surface area contributed by atoms with Crippen LogP contribution in [0.4, 0.5) is 0 Å². The third-order valence-corrected chi connectivity index (χ3v) is 5.19. The fourth-order valence-corrected chi connectivity index (χ4v) is 4.05. The van der Waals surface area contributed by atoms with Crippen LogP contribution in [-0.4, -0.2) is 31.1 Å². The average Bonchev–Trinajstić information content (AvgIpc) is 2.81. The van der Waals surface area contributed by atoms with E-state index in [2.05, 4.69) is 56.3 Å². The zero-order valence-electron chi connectivity index (χ0n) is 13.7. The van der Waals surface area contributed by atoms with E-state index >= 15 is 0 Å². The van der Waals surface area contributed by atoms with Gasteiger partial charge >= 0.3 is 0 Å². The van der Waals surface area contributed by atoms with E-state index in [1.807, 2.05) is 11.3 Å². The minimum Gasteiger partial charge on any atom is -0.316 e. The lowest BCUT2D eigenvalue weighted by molar-refractivity contribution is 0.127. The van der Waals surface area contributed by atoms with Crippen molar-refractivity contribution in [3.8, 4) is 0 Å². The molecular formula is C17H30N2S. The number of nitrogens with one attached hydrogen (secondary N) is 1. The van der Waals surface area contributed by atoms with Gasteiger partial charge in [0.1, 0.15) is 0 Å². The highest BCUT2D eigenvalue weighted by molar-refractivity contribution is 7.10. The highest BCUT2D eigenvalue weighted by Gasteiger charge is 2.29. The van der Waals surface area contributed by atoms with E-state index in [9.17, 15) is 0 Å². The van der Waals surface area contributed by atoms with Gasteiger partial charge in [-0.25, -0.2) is 0 Å². The molecule has 0 amide bonds. The molecule has 0 saturated carbocycles. The summed E-state index contributed by atoms with van der Waals surface area (Å²) < 4.78 is 0. The molecule has 0 aromatic carbocycles. The van der Waals surface area contributed by atoms with Crippen molar-refractivity contribution >= 4 is 11.3 Å². The Labute approximate surface area is 128 Å². The Bertz CT molecular complexity index is 422. The Hall–Kier alpha value is -0.380. The van der Waals surface area contributed by atoms with Crippen LogP contribution in [0.3, 0.4) is 0 Å². The van der Waals surface area contributed by atoms with Crippen molar-refractivity contribution in [3.05, 3.63) is 21.9 Å². The third kappa shape index (κ3) is 4.06. The molecular weight excluding hydrogens is 264 g/mol. The van der Waals surface area contributed by atoms with E-state index in [0.717, 1.165) is 19.0 Å². The van der Waals surface area contributed by atoms with Gasteiger partial charge in [-0.3, -0.25) is 4.90 Å². The van der Waals surface area contributed by atoms with Crippen LogP contribution in [0.5, 0.6) is 0 Å². The number of thiophene rings is 1. The summed E-state index contributed by atoms with van der Waals surface area (Å²) in [5.74, 6) is 0.730. The number of hydrogen-bond donors (Lipinski definition) is 1. The van der Waals surface area contributed by atoms with Crippen LogP contribution >= 0.6 is 11.3 Å². The SMILES string of the molecule is CC(C)CNCC(C)(C)CN1CCc2sccc2C1C. The summed E-state index contributed by atoms with van der Waals surface area (Å²) in [6.07, 6.45) is 1.23. The lowest BCUT2D eigenvalue weighted by Gasteiger charge is -2.39. The molecule has 114 valence electrons. The Kier molecular flexibility index (Phi) is 5.27. The van der Waals surface area contributed by atoms with E-state index in [-0.39, 0.29) is 0 Å². The second-order valence-corrected chi connectivity index (χ2v) is 8.39. The molecule has 1 unspecified atom stereocenters. The first-order chi connectivity index (χ1) is 9.39. The van der Waals surface area contributed by atoms with Crippen molar-refractivity contribution in [2.75, 3.05) is 26.2 Å². The molecule has 2 nitrogen and oxygen atoms in total. The van der Waals surface area contributed by atoms with Crippen LogP contribution in [0, 0.1) is 11.3 Å². The number of hydrogen-bond acceptors (Lipinski definition) is 3. The molecule has 0 spiro atoms. The van der Waals surface area contributed by atoms with Crippen molar-refractivity contribution in [2.45, 2.75) is 47.1 Å². The van der Waals surface area contributed by atoms with Crippen molar-refractivity contribution < 1.29 is 0 Å². The first-order valence-corrected chi connectivity index (χ1v) is 8.78. The molecule has 1 N–H and O–H groups in total. The summed E-state index contributed by atoms with van der Waals surface area (Å²) in [6, 6.07) is 2.90. The quantitative estimate of drug-likeness (QED) is 0.855. The molecule has 0 aliphatic carbocycles. The molecule has 1 aromatic rings. The number of rotatable bonds is 6. The molecule has 3 heteroatoms. The predicted molar refractivity (Wildman–Crippen MR) is 89.5 cm³/mol. The normalized spacial score (nSPS) is 20.4. The highest BCUT2D eigenvalue weighted by Crippen LogP contribution is 2.34. The minimum absolute atomic E-state index is 0.330. The highest BCUT2D eigenvalue weighted by atomic mass is 32.1. The zero-order chi connectivity index (χ0) is 14.8. The Morgan fingerprint density at radius 2 is 2.20 bits per heavy atom.